The van der Waals surface area contributed by atoms with Gasteiger partial charge in [-0.2, -0.15) is 0 Å². The molecule has 25 heavy (non-hydrogen) atoms. The normalized spacial score (nSPS) is 10.7. The van der Waals surface area contributed by atoms with Gasteiger partial charge < -0.3 is 0 Å². The summed E-state index contributed by atoms with van der Waals surface area (Å²) in [6, 6.07) is 12.1. The number of nitro benzene ring substituents is 1. The molecule has 0 spiro atoms. The van der Waals surface area contributed by atoms with Crippen molar-refractivity contribution in [1.29, 1.82) is 0 Å². The largest absolute Gasteiger partial charge is 0.269 e. The number of nitrogens with zero attached hydrogens (tertiary/aromatic N) is 3. The van der Waals surface area contributed by atoms with Crippen molar-refractivity contribution in [3.8, 4) is 22.5 Å². The summed E-state index contributed by atoms with van der Waals surface area (Å²) >= 11 is 7.50. The highest BCUT2D eigenvalue weighted by Crippen LogP contribution is 2.32. The van der Waals surface area contributed by atoms with Gasteiger partial charge in [-0.15, -0.1) is 11.8 Å². The van der Waals surface area contributed by atoms with Crippen molar-refractivity contribution in [3.05, 3.63) is 69.7 Å². The zero-order valence-electron chi connectivity index (χ0n) is 12.9. The molecule has 1 aromatic heterocycles. The second-order valence-corrected chi connectivity index (χ2v) is 6.24. The number of halogens is 2. The Balaban J connectivity index is 2.10. The molecule has 126 valence electrons. The van der Waals surface area contributed by atoms with E-state index in [-0.39, 0.29) is 16.8 Å². The van der Waals surface area contributed by atoms with E-state index in [1.165, 1.54) is 36.0 Å². The van der Waals surface area contributed by atoms with Gasteiger partial charge in [0.25, 0.3) is 5.69 Å². The lowest BCUT2D eigenvalue weighted by Gasteiger charge is -2.09. The zero-order chi connectivity index (χ0) is 18.0. The van der Waals surface area contributed by atoms with E-state index in [2.05, 4.69) is 9.97 Å². The first-order valence-electron chi connectivity index (χ1n) is 7.11. The topological polar surface area (TPSA) is 68.9 Å². The summed E-state index contributed by atoms with van der Waals surface area (Å²) in [7, 11) is 0. The van der Waals surface area contributed by atoms with E-state index in [1.807, 2.05) is 6.26 Å². The number of hydrogen-bond acceptors (Lipinski definition) is 5. The molecule has 5 nitrogen and oxygen atoms in total. The van der Waals surface area contributed by atoms with E-state index >= 15 is 0 Å². The van der Waals surface area contributed by atoms with Gasteiger partial charge in [-0.25, -0.2) is 14.4 Å². The van der Waals surface area contributed by atoms with Gasteiger partial charge in [0, 0.05) is 28.2 Å². The molecule has 0 N–H and O–H groups in total. The van der Waals surface area contributed by atoms with Gasteiger partial charge in [0.05, 0.1) is 16.3 Å². The van der Waals surface area contributed by atoms with Gasteiger partial charge in [-0.1, -0.05) is 0 Å². The maximum atomic E-state index is 13.7. The average molecular weight is 376 g/mol. The third kappa shape index (κ3) is 3.78. The number of hydrogen-bond donors (Lipinski definition) is 0. The van der Waals surface area contributed by atoms with E-state index < -0.39 is 4.92 Å². The molecule has 0 aliphatic rings. The van der Waals surface area contributed by atoms with Crippen LogP contribution < -0.4 is 0 Å². The van der Waals surface area contributed by atoms with Crippen LogP contribution in [0.5, 0.6) is 0 Å². The number of non-ortho nitro benzene ring substituents is 1. The predicted molar refractivity (Wildman–Crippen MR) is 96.3 cm³/mol. The van der Waals surface area contributed by atoms with Crippen LogP contribution in [0.1, 0.15) is 0 Å². The minimum Gasteiger partial charge on any atom is -0.258 e. The minimum absolute atomic E-state index is 0.0149. The van der Waals surface area contributed by atoms with Crippen LogP contribution in [0.2, 0.25) is 5.28 Å². The van der Waals surface area contributed by atoms with Crippen molar-refractivity contribution < 1.29 is 9.31 Å². The highest BCUT2D eigenvalue weighted by Gasteiger charge is 2.13. The summed E-state index contributed by atoms with van der Waals surface area (Å²) in [5.74, 6) is -0.376. The van der Waals surface area contributed by atoms with E-state index in [9.17, 15) is 14.5 Å². The standard InChI is InChI=1S/C17H11ClFN3O2S/c1-25-16-7-4-11(19)8-13(16)15-9-14(20-17(18)21-15)10-2-5-12(6-3-10)22(23)24/h2-9H,1H3. The Kier molecular flexibility index (Phi) is 4.96. The van der Waals surface area contributed by atoms with Gasteiger partial charge in [0.1, 0.15) is 5.82 Å². The first-order chi connectivity index (χ1) is 12.0. The summed E-state index contributed by atoms with van der Waals surface area (Å²) in [5, 5.41) is 10.8. The fourth-order valence-electron chi connectivity index (χ4n) is 2.34. The first-order valence-corrected chi connectivity index (χ1v) is 8.71. The molecule has 0 unspecified atom stereocenters. The molecule has 0 radical (unpaired) electrons. The minimum atomic E-state index is -0.473. The van der Waals surface area contributed by atoms with Gasteiger partial charge in [-0.05, 0) is 54.3 Å². The van der Waals surface area contributed by atoms with Gasteiger partial charge in [0.15, 0.2) is 0 Å². The second kappa shape index (κ2) is 7.16. The molecule has 0 aliphatic heterocycles. The smallest absolute Gasteiger partial charge is 0.258 e. The number of aromatic nitrogens is 2. The molecular weight excluding hydrogens is 365 g/mol. The van der Waals surface area contributed by atoms with E-state index in [4.69, 9.17) is 11.6 Å². The van der Waals surface area contributed by atoms with E-state index in [0.29, 0.717) is 22.5 Å². The predicted octanol–water partition coefficient (Wildman–Crippen LogP) is 5.23. The number of benzene rings is 2. The molecule has 0 saturated carbocycles. The summed E-state index contributed by atoms with van der Waals surface area (Å²) in [4.78, 5) is 19.5. The van der Waals surface area contributed by atoms with Crippen LogP contribution in [-0.2, 0) is 0 Å². The molecule has 0 saturated heterocycles. The quantitative estimate of drug-likeness (QED) is 0.270. The molecule has 0 amide bonds. The van der Waals surface area contributed by atoms with Crippen LogP contribution >= 0.6 is 23.4 Å². The Morgan fingerprint density at radius 3 is 2.40 bits per heavy atom. The van der Waals surface area contributed by atoms with Crippen molar-refractivity contribution in [1.82, 2.24) is 9.97 Å². The van der Waals surface area contributed by atoms with Crippen molar-refractivity contribution in [2.24, 2.45) is 0 Å². The van der Waals surface area contributed by atoms with Crippen molar-refractivity contribution >= 4 is 29.1 Å². The lowest BCUT2D eigenvalue weighted by Crippen LogP contribution is -1.94. The fourth-order valence-corrected chi connectivity index (χ4v) is 3.11. The van der Waals surface area contributed by atoms with Crippen LogP contribution in [0.25, 0.3) is 22.5 Å². The average Bonchev–Trinajstić information content (AvgIpc) is 2.61. The van der Waals surface area contributed by atoms with Gasteiger partial charge in [0.2, 0.25) is 5.28 Å². The summed E-state index contributed by atoms with van der Waals surface area (Å²) in [6.45, 7) is 0. The molecule has 3 rings (SSSR count). The molecule has 0 aliphatic carbocycles. The number of nitro groups is 1. The highest BCUT2D eigenvalue weighted by atomic mass is 35.5. The lowest BCUT2D eigenvalue weighted by atomic mass is 10.1. The van der Waals surface area contributed by atoms with E-state index in [0.717, 1.165) is 4.90 Å². The SMILES string of the molecule is CSc1ccc(F)cc1-c1cc(-c2ccc([N+](=O)[O-])cc2)nc(Cl)n1. The third-order valence-electron chi connectivity index (χ3n) is 3.51. The van der Waals surface area contributed by atoms with Crippen LogP contribution in [-0.4, -0.2) is 21.1 Å². The second-order valence-electron chi connectivity index (χ2n) is 5.06. The monoisotopic (exact) mass is 375 g/mol. The highest BCUT2D eigenvalue weighted by molar-refractivity contribution is 7.98. The Morgan fingerprint density at radius 2 is 1.76 bits per heavy atom. The van der Waals surface area contributed by atoms with Crippen LogP contribution in [0.4, 0.5) is 10.1 Å². The van der Waals surface area contributed by atoms with Crippen molar-refractivity contribution in [2.75, 3.05) is 6.26 Å². The van der Waals surface area contributed by atoms with Crippen molar-refractivity contribution in [3.63, 3.8) is 0 Å². The molecule has 0 fully saturated rings. The molecule has 0 atom stereocenters. The molecule has 1 heterocycles. The summed E-state index contributed by atoms with van der Waals surface area (Å²) in [5.41, 5.74) is 2.23. The molecule has 8 heteroatoms. The Hall–Kier alpha value is -2.51. The van der Waals surface area contributed by atoms with Gasteiger partial charge >= 0.3 is 0 Å². The number of thioether (sulfide) groups is 1. The third-order valence-corrected chi connectivity index (χ3v) is 4.48. The Morgan fingerprint density at radius 1 is 1.08 bits per heavy atom. The van der Waals surface area contributed by atoms with E-state index in [1.54, 1.807) is 24.3 Å². The molecule has 3 aromatic rings. The maximum Gasteiger partial charge on any atom is 0.269 e. The first kappa shape index (κ1) is 17.3. The molecular formula is C17H11ClFN3O2S. The van der Waals surface area contributed by atoms with Crippen molar-refractivity contribution in [2.45, 2.75) is 4.90 Å². The molecule has 2 aromatic carbocycles. The zero-order valence-corrected chi connectivity index (χ0v) is 14.5. The van der Waals surface area contributed by atoms with Crippen LogP contribution in [0.15, 0.2) is 53.4 Å². The van der Waals surface area contributed by atoms with Crippen LogP contribution in [0, 0.1) is 15.9 Å². The molecule has 0 bridgehead atoms. The van der Waals surface area contributed by atoms with Crippen LogP contribution in [0.3, 0.4) is 0 Å². The maximum absolute atomic E-state index is 13.7. The summed E-state index contributed by atoms with van der Waals surface area (Å²) in [6.07, 6.45) is 1.89. The fraction of sp³-hybridized carbons (Fsp3) is 0.0588. The Labute approximate surface area is 152 Å². The number of rotatable bonds is 4. The Bertz CT molecular complexity index is 951. The summed E-state index contributed by atoms with van der Waals surface area (Å²) < 4.78 is 13.7. The van der Waals surface area contributed by atoms with Gasteiger partial charge in [-0.3, -0.25) is 10.1 Å². The lowest BCUT2D eigenvalue weighted by molar-refractivity contribution is -0.384.